The number of aliphatic hydroxyl groups is 1. The molecular formula is C10H15F2N3O. The van der Waals surface area contributed by atoms with Gasteiger partial charge in [-0.25, -0.2) is 13.8 Å². The summed E-state index contributed by atoms with van der Waals surface area (Å²) >= 11 is 0. The Morgan fingerprint density at radius 1 is 1.31 bits per heavy atom. The van der Waals surface area contributed by atoms with Crippen LogP contribution in [0.2, 0.25) is 0 Å². The van der Waals surface area contributed by atoms with Crippen LogP contribution in [0.4, 0.5) is 20.4 Å². The zero-order chi connectivity index (χ0) is 12.3. The Kier molecular flexibility index (Phi) is 3.64. The van der Waals surface area contributed by atoms with E-state index in [1.54, 1.807) is 13.8 Å². The van der Waals surface area contributed by atoms with E-state index in [4.69, 9.17) is 5.11 Å². The Labute approximate surface area is 92.7 Å². The third-order valence-electron chi connectivity index (χ3n) is 2.02. The van der Waals surface area contributed by atoms with Gasteiger partial charge in [0.2, 0.25) is 0 Å². The van der Waals surface area contributed by atoms with Gasteiger partial charge in [0, 0.05) is 13.1 Å². The minimum atomic E-state index is -0.793. The van der Waals surface area contributed by atoms with Crippen molar-refractivity contribution in [2.45, 2.75) is 19.4 Å². The fourth-order valence-corrected chi connectivity index (χ4v) is 1.09. The molecule has 6 heteroatoms. The first-order chi connectivity index (χ1) is 7.39. The lowest BCUT2D eigenvalue weighted by atomic mass is 10.1. The summed E-state index contributed by atoms with van der Waals surface area (Å²) in [6.07, 6.45) is 0. The van der Waals surface area contributed by atoms with Crippen LogP contribution in [0.1, 0.15) is 13.8 Å². The van der Waals surface area contributed by atoms with Gasteiger partial charge in [0.15, 0.2) is 23.3 Å². The zero-order valence-electron chi connectivity index (χ0n) is 9.43. The van der Waals surface area contributed by atoms with E-state index in [1.165, 1.54) is 7.05 Å². The van der Waals surface area contributed by atoms with Gasteiger partial charge in [0.05, 0.1) is 12.1 Å². The minimum absolute atomic E-state index is 0.0439. The molecule has 4 nitrogen and oxygen atoms in total. The van der Waals surface area contributed by atoms with Gasteiger partial charge in [-0.15, -0.1) is 0 Å². The van der Waals surface area contributed by atoms with Crippen molar-refractivity contribution < 1.29 is 13.9 Å². The molecule has 0 atom stereocenters. The molecule has 0 fully saturated rings. The fourth-order valence-electron chi connectivity index (χ4n) is 1.09. The van der Waals surface area contributed by atoms with Crippen molar-refractivity contribution in [1.29, 1.82) is 0 Å². The maximum absolute atomic E-state index is 13.4. The molecule has 0 amide bonds. The second-order valence-corrected chi connectivity index (χ2v) is 4.07. The Morgan fingerprint density at radius 2 is 1.88 bits per heavy atom. The molecule has 0 aliphatic carbocycles. The molecule has 3 N–H and O–H groups in total. The molecule has 0 unspecified atom stereocenters. The van der Waals surface area contributed by atoms with Gasteiger partial charge in [0.25, 0.3) is 0 Å². The highest BCUT2D eigenvalue weighted by molar-refractivity contribution is 5.48. The summed E-state index contributed by atoms with van der Waals surface area (Å²) in [5.41, 5.74) is -0.726. The second-order valence-electron chi connectivity index (χ2n) is 4.07. The van der Waals surface area contributed by atoms with Crippen molar-refractivity contribution in [2.75, 3.05) is 24.3 Å². The van der Waals surface area contributed by atoms with E-state index in [9.17, 15) is 8.78 Å². The summed E-state index contributed by atoms with van der Waals surface area (Å²) in [5, 5.41) is 14.2. The topological polar surface area (TPSA) is 57.2 Å². The molecule has 16 heavy (non-hydrogen) atoms. The van der Waals surface area contributed by atoms with Gasteiger partial charge in [-0.05, 0) is 13.8 Å². The number of hydrogen-bond acceptors (Lipinski definition) is 4. The molecule has 1 aromatic heterocycles. The summed E-state index contributed by atoms with van der Waals surface area (Å²) in [7, 11) is 1.49. The largest absolute Gasteiger partial charge is 0.394 e. The monoisotopic (exact) mass is 231 g/mol. The second kappa shape index (κ2) is 4.61. The van der Waals surface area contributed by atoms with Crippen LogP contribution in [-0.4, -0.2) is 29.3 Å². The van der Waals surface area contributed by atoms with Gasteiger partial charge in [-0.1, -0.05) is 0 Å². The predicted molar refractivity (Wildman–Crippen MR) is 58.5 cm³/mol. The van der Waals surface area contributed by atoms with Crippen LogP contribution in [-0.2, 0) is 0 Å². The van der Waals surface area contributed by atoms with Crippen LogP contribution in [0, 0.1) is 11.6 Å². The van der Waals surface area contributed by atoms with Gasteiger partial charge in [-0.3, -0.25) is 0 Å². The van der Waals surface area contributed by atoms with Gasteiger partial charge in [-0.2, -0.15) is 0 Å². The fraction of sp³-hybridized carbons (Fsp3) is 0.500. The predicted octanol–water partition coefficient (Wildman–Crippen LogP) is 1.58. The van der Waals surface area contributed by atoms with Crippen LogP contribution in [0.15, 0.2) is 6.07 Å². The molecule has 0 aromatic carbocycles. The lowest BCUT2D eigenvalue weighted by Gasteiger charge is -2.24. The number of aliphatic hydroxyl groups excluding tert-OH is 1. The molecule has 1 heterocycles. The number of hydrogen-bond donors (Lipinski definition) is 3. The van der Waals surface area contributed by atoms with Crippen molar-refractivity contribution in [3.05, 3.63) is 17.7 Å². The first-order valence-electron chi connectivity index (χ1n) is 4.82. The van der Waals surface area contributed by atoms with Crippen LogP contribution in [0.3, 0.4) is 0 Å². The molecule has 0 radical (unpaired) electrons. The number of aromatic nitrogens is 1. The summed E-state index contributed by atoms with van der Waals surface area (Å²) in [6, 6.07) is 0.745. The molecule has 0 aliphatic rings. The minimum Gasteiger partial charge on any atom is -0.394 e. The third-order valence-corrected chi connectivity index (χ3v) is 2.02. The number of anilines is 2. The molecule has 0 saturated carbocycles. The number of halogens is 2. The van der Waals surface area contributed by atoms with E-state index >= 15 is 0 Å². The summed E-state index contributed by atoms with van der Waals surface area (Å²) in [5.74, 6) is -1.69. The molecule has 1 rings (SSSR count). The van der Waals surface area contributed by atoms with Crippen LogP contribution in [0.5, 0.6) is 0 Å². The van der Waals surface area contributed by atoms with E-state index in [0.29, 0.717) is 0 Å². The summed E-state index contributed by atoms with van der Waals surface area (Å²) in [4.78, 5) is 3.74. The van der Waals surface area contributed by atoms with Crippen molar-refractivity contribution in [3.8, 4) is 0 Å². The van der Waals surface area contributed by atoms with Crippen molar-refractivity contribution in [2.24, 2.45) is 0 Å². The van der Waals surface area contributed by atoms with E-state index in [1.807, 2.05) is 0 Å². The molecule has 0 aliphatic heterocycles. The number of pyridine rings is 1. The SMILES string of the molecule is CNc1nc(NC(C)(C)CO)c(F)cc1F. The highest BCUT2D eigenvalue weighted by atomic mass is 19.1. The number of nitrogens with zero attached hydrogens (tertiary/aromatic N) is 1. The zero-order valence-corrected chi connectivity index (χ0v) is 9.43. The van der Waals surface area contributed by atoms with Crippen molar-refractivity contribution >= 4 is 11.6 Å². The smallest absolute Gasteiger partial charge is 0.168 e. The lowest BCUT2D eigenvalue weighted by Crippen LogP contribution is -2.35. The van der Waals surface area contributed by atoms with Crippen molar-refractivity contribution in [1.82, 2.24) is 4.98 Å². The van der Waals surface area contributed by atoms with Gasteiger partial charge < -0.3 is 15.7 Å². The lowest BCUT2D eigenvalue weighted by molar-refractivity contribution is 0.233. The normalized spacial score (nSPS) is 11.4. The van der Waals surface area contributed by atoms with Gasteiger partial charge >= 0.3 is 0 Å². The van der Waals surface area contributed by atoms with E-state index in [0.717, 1.165) is 6.07 Å². The van der Waals surface area contributed by atoms with Crippen LogP contribution < -0.4 is 10.6 Å². The first kappa shape index (κ1) is 12.6. The Balaban J connectivity index is 3.05. The van der Waals surface area contributed by atoms with Gasteiger partial charge in [0.1, 0.15) is 0 Å². The third kappa shape index (κ3) is 2.79. The molecule has 90 valence electrons. The standard InChI is InChI=1S/C10H15F2N3O/c1-10(2,5-16)15-9-7(12)4-6(11)8(13-3)14-9/h4,16H,5H2,1-3H3,(H2,13,14,15). The van der Waals surface area contributed by atoms with E-state index in [2.05, 4.69) is 15.6 Å². The van der Waals surface area contributed by atoms with Crippen molar-refractivity contribution in [3.63, 3.8) is 0 Å². The van der Waals surface area contributed by atoms with E-state index in [-0.39, 0.29) is 18.2 Å². The average molecular weight is 231 g/mol. The number of rotatable bonds is 4. The molecule has 1 aromatic rings. The van der Waals surface area contributed by atoms with Crippen LogP contribution in [0.25, 0.3) is 0 Å². The molecule has 0 saturated heterocycles. The molecule has 0 spiro atoms. The highest BCUT2D eigenvalue weighted by Gasteiger charge is 2.20. The Morgan fingerprint density at radius 3 is 2.38 bits per heavy atom. The Bertz CT molecular complexity index is 383. The Hall–Kier alpha value is -1.43. The van der Waals surface area contributed by atoms with E-state index < -0.39 is 17.2 Å². The maximum Gasteiger partial charge on any atom is 0.168 e. The summed E-state index contributed by atoms with van der Waals surface area (Å²) in [6.45, 7) is 3.16. The van der Waals surface area contributed by atoms with Crippen LogP contribution >= 0.6 is 0 Å². The highest BCUT2D eigenvalue weighted by Crippen LogP contribution is 2.21. The number of nitrogens with one attached hydrogen (secondary N) is 2. The average Bonchev–Trinajstić information content (AvgIpc) is 2.22. The molecular weight excluding hydrogens is 216 g/mol. The quantitative estimate of drug-likeness (QED) is 0.736. The first-order valence-corrected chi connectivity index (χ1v) is 4.82. The molecule has 0 bridgehead atoms. The summed E-state index contributed by atoms with van der Waals surface area (Å²) < 4.78 is 26.5. The maximum atomic E-state index is 13.4.